The van der Waals surface area contributed by atoms with Crippen LogP contribution in [0.1, 0.15) is 27.4 Å². The molecule has 0 bridgehead atoms. The number of hydrogen-bond donors (Lipinski definition) is 1. The van der Waals surface area contributed by atoms with Crippen molar-refractivity contribution in [2.45, 2.75) is 5.92 Å². The first-order valence-corrected chi connectivity index (χ1v) is 10.1. The molecule has 6 nitrogen and oxygen atoms in total. The maximum absolute atomic E-state index is 13.6. The minimum atomic E-state index is -0.490. The number of rotatable bonds is 3. The molecule has 0 saturated carbocycles. The standard InChI is InChI=1S/C24H22N4O2/c25-22(29)20-10-5-11-26-23(20)27-12-14-28(15-13-27)24(30)21-18-8-3-1-6-16(18)17-7-2-4-9-19(17)21/h1-11,21H,12-15H2,(H2,25,29). The van der Waals surface area contributed by atoms with Gasteiger partial charge in [-0.25, -0.2) is 4.98 Å². The molecule has 1 aromatic heterocycles. The number of carbonyl (C=O) groups is 2. The third kappa shape index (κ3) is 2.92. The highest BCUT2D eigenvalue weighted by atomic mass is 16.2. The lowest BCUT2D eigenvalue weighted by molar-refractivity contribution is -0.132. The number of hydrogen-bond acceptors (Lipinski definition) is 4. The van der Waals surface area contributed by atoms with Crippen LogP contribution in [0.2, 0.25) is 0 Å². The lowest BCUT2D eigenvalue weighted by Gasteiger charge is -2.37. The summed E-state index contributed by atoms with van der Waals surface area (Å²) in [6.45, 7) is 2.38. The first-order chi connectivity index (χ1) is 14.6. The molecule has 2 N–H and O–H groups in total. The van der Waals surface area contributed by atoms with Crippen molar-refractivity contribution in [2.24, 2.45) is 5.73 Å². The quantitative estimate of drug-likeness (QED) is 0.736. The van der Waals surface area contributed by atoms with Crippen molar-refractivity contribution in [3.8, 4) is 11.1 Å². The molecular formula is C24H22N4O2. The molecule has 1 aliphatic heterocycles. The molecule has 5 rings (SSSR count). The maximum atomic E-state index is 13.6. The fourth-order valence-corrected chi connectivity index (χ4v) is 4.58. The average molecular weight is 398 g/mol. The third-order valence-electron chi connectivity index (χ3n) is 6.02. The summed E-state index contributed by atoms with van der Waals surface area (Å²) in [5.41, 5.74) is 10.4. The molecule has 6 heteroatoms. The Hall–Kier alpha value is -3.67. The Morgan fingerprint density at radius 3 is 2.03 bits per heavy atom. The van der Waals surface area contributed by atoms with Crippen molar-refractivity contribution in [2.75, 3.05) is 31.1 Å². The zero-order valence-corrected chi connectivity index (χ0v) is 16.5. The van der Waals surface area contributed by atoms with Crippen molar-refractivity contribution in [1.29, 1.82) is 0 Å². The van der Waals surface area contributed by atoms with Gasteiger partial charge in [0.2, 0.25) is 5.91 Å². The SMILES string of the molecule is NC(=O)c1cccnc1N1CCN(C(=O)C2c3ccccc3-c3ccccc32)CC1. The molecule has 0 unspecified atom stereocenters. The van der Waals surface area contributed by atoms with Gasteiger partial charge in [0.15, 0.2) is 0 Å². The molecule has 2 aromatic carbocycles. The minimum Gasteiger partial charge on any atom is -0.365 e. The Labute approximate surface area is 174 Å². The van der Waals surface area contributed by atoms with Gasteiger partial charge in [-0.2, -0.15) is 0 Å². The normalized spacial score (nSPS) is 15.6. The fourth-order valence-electron chi connectivity index (χ4n) is 4.58. The molecule has 2 heterocycles. The Bertz CT molecular complexity index is 1090. The summed E-state index contributed by atoms with van der Waals surface area (Å²) < 4.78 is 0. The van der Waals surface area contributed by atoms with Crippen LogP contribution in [-0.2, 0) is 4.79 Å². The maximum Gasteiger partial charge on any atom is 0.252 e. The zero-order valence-electron chi connectivity index (χ0n) is 16.5. The van der Waals surface area contributed by atoms with E-state index in [1.165, 1.54) is 0 Å². The summed E-state index contributed by atoms with van der Waals surface area (Å²) in [5, 5.41) is 0. The fraction of sp³-hybridized carbons (Fsp3) is 0.208. The molecule has 0 atom stereocenters. The largest absolute Gasteiger partial charge is 0.365 e. The molecule has 2 amide bonds. The molecule has 1 aliphatic carbocycles. The van der Waals surface area contributed by atoms with Crippen molar-refractivity contribution in [1.82, 2.24) is 9.88 Å². The van der Waals surface area contributed by atoms with Crippen LogP contribution in [0.5, 0.6) is 0 Å². The zero-order chi connectivity index (χ0) is 20.7. The Morgan fingerprint density at radius 2 is 1.43 bits per heavy atom. The van der Waals surface area contributed by atoms with E-state index in [-0.39, 0.29) is 11.8 Å². The number of aromatic nitrogens is 1. The summed E-state index contributed by atoms with van der Waals surface area (Å²) in [4.78, 5) is 33.6. The minimum absolute atomic E-state index is 0.128. The van der Waals surface area contributed by atoms with E-state index < -0.39 is 5.91 Å². The monoisotopic (exact) mass is 398 g/mol. The Morgan fingerprint density at radius 1 is 0.833 bits per heavy atom. The van der Waals surface area contributed by atoms with Gasteiger partial charge in [0.05, 0.1) is 11.5 Å². The molecule has 150 valence electrons. The van der Waals surface area contributed by atoms with E-state index in [1.807, 2.05) is 34.1 Å². The predicted molar refractivity (Wildman–Crippen MR) is 115 cm³/mol. The van der Waals surface area contributed by atoms with E-state index in [9.17, 15) is 9.59 Å². The van der Waals surface area contributed by atoms with Crippen LogP contribution in [0.4, 0.5) is 5.82 Å². The topological polar surface area (TPSA) is 79.5 Å². The van der Waals surface area contributed by atoms with E-state index in [4.69, 9.17) is 5.73 Å². The van der Waals surface area contributed by atoms with Crippen molar-refractivity contribution >= 4 is 17.6 Å². The number of carbonyl (C=O) groups excluding carboxylic acids is 2. The van der Waals surface area contributed by atoms with Crippen LogP contribution < -0.4 is 10.6 Å². The summed E-state index contributed by atoms with van der Waals surface area (Å²) >= 11 is 0. The van der Waals surface area contributed by atoms with E-state index in [0.717, 1.165) is 22.3 Å². The number of fused-ring (bicyclic) bond motifs is 3. The molecule has 0 spiro atoms. The van der Waals surface area contributed by atoms with E-state index in [1.54, 1.807) is 18.3 Å². The van der Waals surface area contributed by atoms with Crippen LogP contribution in [0, 0.1) is 0 Å². The van der Waals surface area contributed by atoms with Gasteiger partial charge in [-0.05, 0) is 34.4 Å². The first kappa shape index (κ1) is 18.4. The second-order valence-corrected chi connectivity index (χ2v) is 7.66. The number of nitrogens with zero attached hydrogens (tertiary/aromatic N) is 3. The third-order valence-corrected chi connectivity index (χ3v) is 6.02. The number of benzene rings is 2. The molecule has 30 heavy (non-hydrogen) atoms. The van der Waals surface area contributed by atoms with Crippen LogP contribution in [-0.4, -0.2) is 47.9 Å². The van der Waals surface area contributed by atoms with E-state index in [2.05, 4.69) is 29.2 Å². The van der Waals surface area contributed by atoms with Gasteiger partial charge in [0.1, 0.15) is 5.82 Å². The van der Waals surface area contributed by atoms with E-state index >= 15 is 0 Å². The number of amides is 2. The predicted octanol–water partition coefficient (Wildman–Crippen LogP) is 2.64. The van der Waals surface area contributed by atoms with Gasteiger partial charge in [0, 0.05) is 32.4 Å². The van der Waals surface area contributed by atoms with Crippen LogP contribution >= 0.6 is 0 Å². The molecule has 2 aliphatic rings. The lowest BCUT2D eigenvalue weighted by Crippen LogP contribution is -2.50. The number of primary amides is 1. The van der Waals surface area contributed by atoms with Gasteiger partial charge in [-0.15, -0.1) is 0 Å². The van der Waals surface area contributed by atoms with Crippen molar-refractivity contribution in [3.63, 3.8) is 0 Å². The lowest BCUT2D eigenvalue weighted by atomic mass is 9.95. The summed E-state index contributed by atoms with van der Waals surface area (Å²) in [7, 11) is 0. The number of piperazine rings is 1. The molecule has 3 aromatic rings. The molecule has 1 saturated heterocycles. The highest BCUT2D eigenvalue weighted by Gasteiger charge is 2.37. The molecule has 0 radical (unpaired) electrons. The van der Waals surface area contributed by atoms with Gasteiger partial charge in [-0.3, -0.25) is 9.59 Å². The highest BCUT2D eigenvalue weighted by molar-refractivity contribution is 5.98. The average Bonchev–Trinajstić information content (AvgIpc) is 3.13. The number of anilines is 1. The van der Waals surface area contributed by atoms with Crippen molar-refractivity contribution in [3.05, 3.63) is 83.6 Å². The summed E-state index contributed by atoms with van der Waals surface area (Å²) in [6.07, 6.45) is 1.66. The van der Waals surface area contributed by atoms with Crippen LogP contribution in [0.15, 0.2) is 66.9 Å². The van der Waals surface area contributed by atoms with E-state index in [0.29, 0.717) is 37.6 Å². The first-order valence-electron chi connectivity index (χ1n) is 10.1. The van der Waals surface area contributed by atoms with Crippen LogP contribution in [0.3, 0.4) is 0 Å². The highest BCUT2D eigenvalue weighted by Crippen LogP contribution is 2.45. The second-order valence-electron chi connectivity index (χ2n) is 7.66. The van der Waals surface area contributed by atoms with Gasteiger partial charge < -0.3 is 15.5 Å². The second kappa shape index (κ2) is 7.30. The van der Waals surface area contributed by atoms with Crippen LogP contribution in [0.25, 0.3) is 11.1 Å². The van der Waals surface area contributed by atoms with Gasteiger partial charge in [0.25, 0.3) is 5.91 Å². The smallest absolute Gasteiger partial charge is 0.252 e. The van der Waals surface area contributed by atoms with Crippen molar-refractivity contribution < 1.29 is 9.59 Å². The summed E-state index contributed by atoms with van der Waals surface area (Å²) in [5.74, 6) is -0.0346. The number of nitrogens with two attached hydrogens (primary N) is 1. The summed E-state index contributed by atoms with van der Waals surface area (Å²) in [6, 6.07) is 19.7. The number of pyridine rings is 1. The molecular weight excluding hydrogens is 376 g/mol. The molecule has 1 fully saturated rings. The van der Waals surface area contributed by atoms with Gasteiger partial charge >= 0.3 is 0 Å². The van der Waals surface area contributed by atoms with Gasteiger partial charge in [-0.1, -0.05) is 48.5 Å². The Balaban J connectivity index is 1.38. The Kier molecular flexibility index (Phi) is 4.47.